The second-order valence-corrected chi connectivity index (χ2v) is 5.99. The van der Waals surface area contributed by atoms with Crippen molar-refractivity contribution in [2.45, 2.75) is 19.4 Å². The minimum atomic E-state index is -0.0958. The summed E-state index contributed by atoms with van der Waals surface area (Å²) in [4.78, 5) is 14.6. The van der Waals surface area contributed by atoms with E-state index in [1.165, 1.54) is 0 Å². The van der Waals surface area contributed by atoms with Gasteiger partial charge < -0.3 is 15.0 Å². The van der Waals surface area contributed by atoms with Crippen molar-refractivity contribution in [3.63, 3.8) is 0 Å². The molecule has 108 valence electrons. The van der Waals surface area contributed by atoms with Crippen LogP contribution in [0, 0.1) is 5.92 Å². The third-order valence-electron chi connectivity index (χ3n) is 4.06. The summed E-state index contributed by atoms with van der Waals surface area (Å²) in [6.45, 7) is 5.05. The highest BCUT2D eigenvalue weighted by molar-refractivity contribution is 6.30. The Kier molecular flexibility index (Phi) is 3.85. The number of amides is 1. The number of ether oxygens (including phenoxy) is 1. The summed E-state index contributed by atoms with van der Waals surface area (Å²) in [6.07, 6.45) is 0.714. The van der Waals surface area contributed by atoms with Gasteiger partial charge in [0.25, 0.3) is 0 Å². The quantitative estimate of drug-likeness (QED) is 0.857. The molecule has 1 aromatic carbocycles. The minimum absolute atomic E-state index is 0.0958. The molecule has 1 aromatic rings. The van der Waals surface area contributed by atoms with E-state index in [0.29, 0.717) is 18.1 Å². The van der Waals surface area contributed by atoms with Crippen LogP contribution in [-0.2, 0) is 11.2 Å². The number of carbonyl (C=O) groups is 1. The van der Waals surface area contributed by atoms with Gasteiger partial charge in [0.05, 0.1) is 5.92 Å². The molecular weight excluding hydrogens is 276 g/mol. The second-order valence-electron chi connectivity index (χ2n) is 5.55. The Hall–Kier alpha value is -1.26. The maximum absolute atomic E-state index is 12.6. The minimum Gasteiger partial charge on any atom is -0.492 e. The number of hydrogen-bond acceptors (Lipinski definition) is 3. The fraction of sp³-hybridized carbons (Fsp3) is 0.533. The summed E-state index contributed by atoms with van der Waals surface area (Å²) in [5, 5.41) is 3.99. The highest BCUT2D eigenvalue weighted by Crippen LogP contribution is 2.30. The third-order valence-corrected chi connectivity index (χ3v) is 4.30. The number of halogens is 1. The lowest BCUT2D eigenvalue weighted by Gasteiger charge is -2.37. The Balaban J connectivity index is 1.74. The van der Waals surface area contributed by atoms with Gasteiger partial charge in [0.15, 0.2) is 0 Å². The summed E-state index contributed by atoms with van der Waals surface area (Å²) < 4.78 is 5.72. The molecule has 0 aliphatic carbocycles. The van der Waals surface area contributed by atoms with E-state index in [4.69, 9.17) is 16.3 Å². The summed E-state index contributed by atoms with van der Waals surface area (Å²) in [7, 11) is 0. The van der Waals surface area contributed by atoms with E-state index in [9.17, 15) is 4.79 Å². The number of nitrogens with zero attached hydrogens (tertiary/aromatic N) is 1. The lowest BCUT2D eigenvalue weighted by atomic mass is 9.94. The zero-order valence-corrected chi connectivity index (χ0v) is 12.3. The van der Waals surface area contributed by atoms with Crippen molar-refractivity contribution < 1.29 is 9.53 Å². The number of rotatable bonds is 1. The van der Waals surface area contributed by atoms with Gasteiger partial charge in [-0.05, 0) is 37.1 Å². The van der Waals surface area contributed by atoms with Gasteiger partial charge in [0.2, 0.25) is 5.91 Å². The number of nitrogens with one attached hydrogen (secondary N) is 1. The molecule has 2 unspecified atom stereocenters. The third kappa shape index (κ3) is 2.63. The first-order chi connectivity index (χ1) is 9.65. The van der Waals surface area contributed by atoms with Crippen LogP contribution in [0.2, 0.25) is 5.02 Å². The Bertz CT molecular complexity index is 521. The van der Waals surface area contributed by atoms with E-state index in [2.05, 4.69) is 12.2 Å². The van der Waals surface area contributed by atoms with E-state index >= 15 is 0 Å². The van der Waals surface area contributed by atoms with E-state index in [1.807, 2.05) is 23.1 Å². The predicted octanol–water partition coefficient (Wildman–Crippen LogP) is 1.71. The van der Waals surface area contributed by atoms with Crippen molar-refractivity contribution in [3.05, 3.63) is 28.8 Å². The van der Waals surface area contributed by atoms with Gasteiger partial charge in [-0.15, -0.1) is 0 Å². The molecule has 0 spiro atoms. The normalized spacial score (nSPS) is 25.8. The van der Waals surface area contributed by atoms with Crippen LogP contribution in [0.25, 0.3) is 0 Å². The zero-order valence-electron chi connectivity index (χ0n) is 11.6. The largest absolute Gasteiger partial charge is 0.492 e. The molecule has 1 saturated heterocycles. The van der Waals surface area contributed by atoms with E-state index < -0.39 is 0 Å². The number of fused-ring (bicyclic) bond motifs is 1. The molecule has 5 heteroatoms. The van der Waals surface area contributed by atoms with Crippen molar-refractivity contribution in [1.29, 1.82) is 0 Å². The number of carbonyl (C=O) groups excluding carboxylic acids is 1. The molecular formula is C15H19ClN2O2. The van der Waals surface area contributed by atoms with Gasteiger partial charge in [-0.3, -0.25) is 4.79 Å². The molecule has 0 radical (unpaired) electrons. The molecule has 4 nitrogen and oxygen atoms in total. The maximum atomic E-state index is 12.6. The van der Waals surface area contributed by atoms with Crippen LogP contribution in [0.3, 0.4) is 0 Å². The summed E-state index contributed by atoms with van der Waals surface area (Å²) in [5.41, 5.74) is 1.03. The first-order valence-corrected chi connectivity index (χ1v) is 7.45. The SMILES string of the molecule is CC1CNCCN1C(=O)C1COc2ccc(Cl)cc2C1. The molecule has 0 aromatic heterocycles. The van der Waals surface area contributed by atoms with Crippen molar-refractivity contribution in [2.24, 2.45) is 5.92 Å². The molecule has 2 atom stereocenters. The molecule has 0 saturated carbocycles. The molecule has 20 heavy (non-hydrogen) atoms. The predicted molar refractivity (Wildman–Crippen MR) is 78.2 cm³/mol. The molecule has 2 heterocycles. The Labute approximate surface area is 124 Å². The molecule has 2 aliphatic heterocycles. The van der Waals surface area contributed by atoms with Crippen LogP contribution in [-0.4, -0.2) is 43.1 Å². The summed E-state index contributed by atoms with van der Waals surface area (Å²) in [6, 6.07) is 5.85. The maximum Gasteiger partial charge on any atom is 0.229 e. The lowest BCUT2D eigenvalue weighted by Crippen LogP contribution is -2.54. The molecule has 0 bridgehead atoms. The van der Waals surface area contributed by atoms with E-state index in [0.717, 1.165) is 30.9 Å². The van der Waals surface area contributed by atoms with Gasteiger partial charge in [-0.25, -0.2) is 0 Å². The van der Waals surface area contributed by atoms with Gasteiger partial charge in [0, 0.05) is 30.7 Å². The van der Waals surface area contributed by atoms with Crippen LogP contribution in [0.1, 0.15) is 12.5 Å². The van der Waals surface area contributed by atoms with E-state index in [-0.39, 0.29) is 17.9 Å². The van der Waals surface area contributed by atoms with E-state index in [1.54, 1.807) is 0 Å². The summed E-state index contributed by atoms with van der Waals surface area (Å²) in [5.74, 6) is 0.956. The number of piperazine rings is 1. The monoisotopic (exact) mass is 294 g/mol. The molecule has 3 rings (SSSR count). The van der Waals surface area contributed by atoms with Crippen LogP contribution in [0.4, 0.5) is 0 Å². The standard InChI is InChI=1S/C15H19ClN2O2/c1-10-8-17-4-5-18(10)15(19)12-6-11-7-13(16)2-3-14(11)20-9-12/h2-3,7,10,12,17H,4-6,8-9H2,1H3. The topological polar surface area (TPSA) is 41.6 Å². The Morgan fingerprint density at radius 1 is 1.50 bits per heavy atom. The zero-order chi connectivity index (χ0) is 14.1. The highest BCUT2D eigenvalue weighted by atomic mass is 35.5. The molecule has 1 N–H and O–H groups in total. The average molecular weight is 295 g/mol. The van der Waals surface area contributed by atoms with Crippen LogP contribution in [0.5, 0.6) is 5.75 Å². The van der Waals surface area contributed by atoms with Crippen molar-refractivity contribution in [2.75, 3.05) is 26.2 Å². The van der Waals surface area contributed by atoms with Gasteiger partial charge in [-0.2, -0.15) is 0 Å². The van der Waals surface area contributed by atoms with Crippen molar-refractivity contribution >= 4 is 17.5 Å². The van der Waals surface area contributed by atoms with Crippen molar-refractivity contribution in [1.82, 2.24) is 10.2 Å². The van der Waals surface area contributed by atoms with Gasteiger partial charge >= 0.3 is 0 Å². The second kappa shape index (κ2) is 5.62. The Morgan fingerprint density at radius 3 is 3.15 bits per heavy atom. The summed E-state index contributed by atoms with van der Waals surface area (Å²) >= 11 is 6.02. The molecule has 1 fully saturated rings. The van der Waals surface area contributed by atoms with Gasteiger partial charge in [-0.1, -0.05) is 11.6 Å². The fourth-order valence-electron chi connectivity index (χ4n) is 2.92. The lowest BCUT2D eigenvalue weighted by molar-refractivity contribution is -0.139. The van der Waals surface area contributed by atoms with Crippen LogP contribution < -0.4 is 10.1 Å². The highest BCUT2D eigenvalue weighted by Gasteiger charge is 2.32. The number of hydrogen-bond donors (Lipinski definition) is 1. The fourth-order valence-corrected chi connectivity index (χ4v) is 3.12. The smallest absolute Gasteiger partial charge is 0.229 e. The molecule has 1 amide bonds. The first kappa shape index (κ1) is 13.7. The Morgan fingerprint density at radius 2 is 2.35 bits per heavy atom. The number of benzene rings is 1. The first-order valence-electron chi connectivity index (χ1n) is 7.07. The van der Waals surface area contributed by atoms with Crippen molar-refractivity contribution in [3.8, 4) is 5.75 Å². The molecule has 2 aliphatic rings. The average Bonchev–Trinajstić information content (AvgIpc) is 2.46. The van der Waals surface area contributed by atoms with Gasteiger partial charge in [0.1, 0.15) is 12.4 Å². The van der Waals surface area contributed by atoms with Crippen LogP contribution in [0.15, 0.2) is 18.2 Å². The van der Waals surface area contributed by atoms with Crippen LogP contribution >= 0.6 is 11.6 Å².